The average molecular weight is 278 g/mol. The van der Waals surface area contributed by atoms with Gasteiger partial charge in [0.15, 0.2) is 5.78 Å². The Kier molecular flexibility index (Phi) is 4.64. The minimum absolute atomic E-state index is 0.107. The number of hydrogen-bond acceptors (Lipinski definition) is 3. The van der Waals surface area contributed by atoms with E-state index in [1.165, 1.54) is 0 Å². The molecule has 1 aromatic rings. The van der Waals surface area contributed by atoms with Crippen molar-refractivity contribution >= 4 is 23.5 Å². The maximum absolute atomic E-state index is 12.5. The van der Waals surface area contributed by atoms with E-state index in [4.69, 9.17) is 5.11 Å². The molecule has 0 bridgehead atoms. The number of aliphatic carboxylic acids is 1. The third kappa shape index (κ3) is 3.18. The summed E-state index contributed by atoms with van der Waals surface area (Å²) in [5.74, 6) is -1.15. The highest BCUT2D eigenvalue weighted by Crippen LogP contribution is 2.33. The molecule has 1 saturated carbocycles. The first-order valence-corrected chi connectivity index (χ1v) is 7.76. The number of carbonyl (C=O) groups excluding carboxylic acids is 1. The summed E-state index contributed by atoms with van der Waals surface area (Å²) < 4.78 is 0. The molecule has 3 nitrogen and oxygen atoms in total. The normalized spacial score (nSPS) is 23.0. The molecule has 0 radical (unpaired) electrons. The van der Waals surface area contributed by atoms with Gasteiger partial charge in [-0.25, -0.2) is 0 Å². The van der Waals surface area contributed by atoms with Crippen LogP contribution in [0, 0.1) is 11.8 Å². The summed E-state index contributed by atoms with van der Waals surface area (Å²) in [7, 11) is 0. The summed E-state index contributed by atoms with van der Waals surface area (Å²) >= 11 is 1.56. The maximum atomic E-state index is 12.5. The molecule has 1 fully saturated rings. The predicted octanol–water partition coefficient (Wildman–Crippen LogP) is 3.48. The van der Waals surface area contributed by atoms with Crippen molar-refractivity contribution in [1.82, 2.24) is 0 Å². The van der Waals surface area contributed by atoms with Gasteiger partial charge in [-0.15, -0.1) is 11.8 Å². The summed E-state index contributed by atoms with van der Waals surface area (Å²) in [6, 6.07) is 7.57. The zero-order valence-corrected chi connectivity index (χ0v) is 11.8. The van der Waals surface area contributed by atoms with E-state index >= 15 is 0 Å². The zero-order valence-electron chi connectivity index (χ0n) is 11.0. The topological polar surface area (TPSA) is 54.4 Å². The molecule has 102 valence electrons. The smallest absolute Gasteiger partial charge is 0.306 e. The first kappa shape index (κ1) is 14.1. The number of Topliss-reactive ketones (excluding diaryl/α,β-unsaturated/α-hetero) is 1. The lowest BCUT2D eigenvalue weighted by molar-refractivity contribution is -0.143. The van der Waals surface area contributed by atoms with Gasteiger partial charge in [-0.1, -0.05) is 24.6 Å². The third-order valence-electron chi connectivity index (χ3n) is 3.77. The molecule has 2 unspecified atom stereocenters. The Balaban J connectivity index is 2.17. The van der Waals surface area contributed by atoms with E-state index in [0.717, 1.165) is 23.3 Å². The van der Waals surface area contributed by atoms with Gasteiger partial charge in [0.2, 0.25) is 0 Å². The van der Waals surface area contributed by atoms with Crippen molar-refractivity contribution in [3.8, 4) is 0 Å². The van der Waals surface area contributed by atoms with Crippen LogP contribution in [0.5, 0.6) is 0 Å². The number of hydrogen-bond donors (Lipinski definition) is 1. The Hall–Kier alpha value is -1.29. The molecule has 0 spiro atoms. The number of thioether (sulfide) groups is 1. The fourth-order valence-corrected chi connectivity index (χ4v) is 3.32. The second-order valence-electron chi connectivity index (χ2n) is 4.96. The molecule has 1 aromatic carbocycles. The Labute approximate surface area is 117 Å². The van der Waals surface area contributed by atoms with E-state index in [0.29, 0.717) is 12.8 Å². The van der Waals surface area contributed by atoms with Crippen molar-refractivity contribution in [3.63, 3.8) is 0 Å². The van der Waals surface area contributed by atoms with Gasteiger partial charge in [0.1, 0.15) is 0 Å². The lowest BCUT2D eigenvalue weighted by Crippen LogP contribution is -2.27. The Morgan fingerprint density at radius 3 is 2.58 bits per heavy atom. The highest BCUT2D eigenvalue weighted by Gasteiger charge is 2.32. The van der Waals surface area contributed by atoms with Crippen molar-refractivity contribution in [3.05, 3.63) is 29.8 Å². The van der Waals surface area contributed by atoms with Gasteiger partial charge in [0.25, 0.3) is 0 Å². The molecule has 19 heavy (non-hydrogen) atoms. The molecule has 4 heteroatoms. The molecule has 2 atom stereocenters. The SMILES string of the molecule is CSc1ccccc1C(=O)C1CCCC(C(=O)O)C1. The van der Waals surface area contributed by atoms with Crippen LogP contribution in [-0.4, -0.2) is 23.1 Å². The van der Waals surface area contributed by atoms with E-state index < -0.39 is 5.97 Å². The van der Waals surface area contributed by atoms with Gasteiger partial charge in [-0.05, 0) is 31.6 Å². The summed E-state index contributed by atoms with van der Waals surface area (Å²) in [6.07, 6.45) is 4.77. The van der Waals surface area contributed by atoms with Crippen LogP contribution in [0.15, 0.2) is 29.2 Å². The van der Waals surface area contributed by atoms with Crippen LogP contribution in [-0.2, 0) is 4.79 Å². The minimum Gasteiger partial charge on any atom is -0.481 e. The molecule has 0 aliphatic heterocycles. The highest BCUT2D eigenvalue weighted by molar-refractivity contribution is 7.98. The van der Waals surface area contributed by atoms with Gasteiger partial charge >= 0.3 is 5.97 Å². The number of carbonyl (C=O) groups is 2. The van der Waals surface area contributed by atoms with Crippen molar-refractivity contribution in [1.29, 1.82) is 0 Å². The Morgan fingerprint density at radius 2 is 1.89 bits per heavy atom. The maximum Gasteiger partial charge on any atom is 0.306 e. The summed E-state index contributed by atoms with van der Waals surface area (Å²) in [6.45, 7) is 0. The molecule has 2 rings (SSSR count). The Morgan fingerprint density at radius 1 is 1.21 bits per heavy atom. The quantitative estimate of drug-likeness (QED) is 0.676. The number of ketones is 1. The average Bonchev–Trinajstić information content (AvgIpc) is 2.46. The predicted molar refractivity (Wildman–Crippen MR) is 75.6 cm³/mol. The van der Waals surface area contributed by atoms with Crippen LogP contribution < -0.4 is 0 Å². The highest BCUT2D eigenvalue weighted by atomic mass is 32.2. The van der Waals surface area contributed by atoms with Crippen molar-refractivity contribution in [2.75, 3.05) is 6.26 Å². The summed E-state index contributed by atoms with van der Waals surface area (Å²) in [4.78, 5) is 24.6. The first-order valence-electron chi connectivity index (χ1n) is 6.53. The fourth-order valence-electron chi connectivity index (χ4n) is 2.72. The standard InChI is InChI=1S/C15H18O3S/c1-19-13-8-3-2-7-12(13)14(16)10-5-4-6-11(9-10)15(17)18/h2-3,7-8,10-11H,4-6,9H2,1H3,(H,17,18). The van der Waals surface area contributed by atoms with E-state index in [1.54, 1.807) is 11.8 Å². The zero-order chi connectivity index (χ0) is 13.8. The van der Waals surface area contributed by atoms with Crippen LogP contribution in [0.2, 0.25) is 0 Å². The number of carboxylic acids is 1. The van der Waals surface area contributed by atoms with E-state index in [2.05, 4.69) is 0 Å². The van der Waals surface area contributed by atoms with Gasteiger partial charge in [-0.2, -0.15) is 0 Å². The molecule has 1 N–H and O–H groups in total. The molecule has 0 aromatic heterocycles. The molecule has 1 aliphatic rings. The summed E-state index contributed by atoms with van der Waals surface area (Å²) in [5, 5.41) is 9.09. The summed E-state index contributed by atoms with van der Waals surface area (Å²) in [5.41, 5.74) is 0.742. The van der Waals surface area contributed by atoms with Gasteiger partial charge in [0.05, 0.1) is 5.92 Å². The van der Waals surface area contributed by atoms with Crippen LogP contribution in [0.4, 0.5) is 0 Å². The lowest BCUT2D eigenvalue weighted by atomic mass is 9.78. The van der Waals surface area contributed by atoms with Crippen molar-refractivity contribution in [2.24, 2.45) is 11.8 Å². The Bertz CT molecular complexity index is 484. The van der Waals surface area contributed by atoms with Crippen LogP contribution >= 0.6 is 11.8 Å². The van der Waals surface area contributed by atoms with E-state index in [1.807, 2.05) is 30.5 Å². The van der Waals surface area contributed by atoms with Crippen molar-refractivity contribution in [2.45, 2.75) is 30.6 Å². The van der Waals surface area contributed by atoms with Gasteiger partial charge < -0.3 is 5.11 Å². The van der Waals surface area contributed by atoms with Gasteiger partial charge in [-0.3, -0.25) is 9.59 Å². The lowest BCUT2D eigenvalue weighted by Gasteiger charge is -2.26. The van der Waals surface area contributed by atoms with Gasteiger partial charge in [0, 0.05) is 16.4 Å². The van der Waals surface area contributed by atoms with Crippen LogP contribution in [0.3, 0.4) is 0 Å². The second-order valence-corrected chi connectivity index (χ2v) is 5.81. The number of benzene rings is 1. The number of rotatable bonds is 4. The molecule has 0 saturated heterocycles. The van der Waals surface area contributed by atoms with Crippen LogP contribution in [0.25, 0.3) is 0 Å². The molecule has 0 heterocycles. The molecular weight excluding hydrogens is 260 g/mol. The fraction of sp³-hybridized carbons (Fsp3) is 0.467. The first-order chi connectivity index (χ1) is 9.13. The molecule has 1 aliphatic carbocycles. The monoisotopic (exact) mass is 278 g/mol. The largest absolute Gasteiger partial charge is 0.481 e. The van der Waals surface area contributed by atoms with Crippen molar-refractivity contribution < 1.29 is 14.7 Å². The van der Waals surface area contributed by atoms with E-state index in [9.17, 15) is 9.59 Å². The second kappa shape index (κ2) is 6.24. The van der Waals surface area contributed by atoms with Crippen LogP contribution in [0.1, 0.15) is 36.0 Å². The minimum atomic E-state index is -0.768. The molecule has 0 amide bonds. The molecular formula is C15H18O3S. The number of carboxylic acid groups (broad SMARTS) is 1. The third-order valence-corrected chi connectivity index (χ3v) is 4.56. The van der Waals surface area contributed by atoms with E-state index in [-0.39, 0.29) is 17.6 Å².